The minimum absolute atomic E-state index is 0.0328. The second kappa shape index (κ2) is 27.7. The third kappa shape index (κ3) is 10.7. The van der Waals surface area contributed by atoms with Crippen molar-refractivity contribution in [3.63, 3.8) is 0 Å². The molecule has 12 aliphatic rings. The van der Waals surface area contributed by atoms with Crippen LogP contribution in [0.5, 0.6) is 0 Å². The molecule has 12 bridgehead atoms. The SMILES string of the molecule is N#Cc1ccc([C@@H]2[C@@H]3C=C[C@H]4[C@@H](C3=C(c3ccccc3)c3ccccc3)[C@@]24C(=O)c2ccccc2)cc1.N#Cc1ccc([C@@H]2[C@@H]3C=C[C@H]4[C@@H](C3=C(c3ccccc3)c3ccccc3)[C@@]24C(=O)c2ccccc2)cc1.N#Cc1ccc([C@H]2[C@H]3C=C[C@@H]4[C@H](C3=C(c3ccccc3)c3ccccc3)[C@@]42C(=O)c2ccccc2)cc1. The van der Waals surface area contributed by atoms with E-state index in [0.717, 1.165) is 33.4 Å². The Morgan fingerprint density at radius 3 is 0.577 bits per heavy atom. The Morgan fingerprint density at radius 2 is 0.396 bits per heavy atom. The van der Waals surface area contributed by atoms with E-state index in [1.807, 2.05) is 127 Å². The van der Waals surface area contributed by atoms with Crippen LogP contribution in [0.15, 0.2) is 399 Å². The second-order valence-corrected chi connectivity index (χ2v) is 30.9. The summed E-state index contributed by atoms with van der Waals surface area (Å²) in [4.78, 5) is 43.3. The van der Waals surface area contributed by atoms with Gasteiger partial charge >= 0.3 is 0 Å². The summed E-state index contributed by atoms with van der Waals surface area (Å²) in [5.74, 6) is 2.15. The molecule has 6 heteroatoms. The summed E-state index contributed by atoms with van der Waals surface area (Å²) in [6.07, 6.45) is 13.9. The van der Waals surface area contributed by atoms with Gasteiger partial charge in [0.05, 0.1) is 51.1 Å². The molecule has 0 aliphatic heterocycles. The molecule has 111 heavy (non-hydrogen) atoms. The highest BCUT2D eigenvalue weighted by atomic mass is 16.1. The molecule has 528 valence electrons. The summed E-state index contributed by atoms with van der Waals surface area (Å²) in [6, 6.07) is 123. The van der Waals surface area contributed by atoms with Crippen molar-refractivity contribution < 1.29 is 14.4 Å². The molecule has 15 atom stereocenters. The Labute approximate surface area is 648 Å². The van der Waals surface area contributed by atoms with Gasteiger partial charge in [-0.25, -0.2) is 0 Å². The number of allylic oxidation sites excluding steroid dienone is 9. The quantitative estimate of drug-likeness (QED) is 0.0744. The van der Waals surface area contributed by atoms with E-state index in [1.54, 1.807) is 0 Å². The van der Waals surface area contributed by atoms with Crippen LogP contribution in [0.25, 0.3) is 16.7 Å². The van der Waals surface area contributed by atoms with Crippen molar-refractivity contribution in [2.75, 3.05) is 0 Å². The monoisotopic (exact) mass is 1430 g/mol. The number of ketones is 3. The van der Waals surface area contributed by atoms with Crippen LogP contribution < -0.4 is 0 Å². The van der Waals surface area contributed by atoms with Crippen molar-refractivity contribution in [2.45, 2.75) is 17.8 Å². The number of nitriles is 3. The van der Waals surface area contributed by atoms with E-state index in [4.69, 9.17) is 0 Å². The van der Waals surface area contributed by atoms with Crippen molar-refractivity contribution >= 4 is 34.1 Å². The molecule has 0 aromatic heterocycles. The van der Waals surface area contributed by atoms with Crippen LogP contribution in [0.2, 0.25) is 0 Å². The lowest BCUT2D eigenvalue weighted by Crippen LogP contribution is -2.30. The molecule has 6 fully saturated rings. The van der Waals surface area contributed by atoms with Gasteiger partial charge in [0.1, 0.15) is 0 Å². The molecule has 0 heterocycles. The van der Waals surface area contributed by atoms with E-state index >= 15 is 0 Å². The van der Waals surface area contributed by atoms with E-state index in [9.17, 15) is 30.2 Å². The van der Waals surface area contributed by atoms with Gasteiger partial charge in [-0.15, -0.1) is 0 Å². The van der Waals surface area contributed by atoms with Gasteiger partial charge in [0.2, 0.25) is 0 Å². The smallest absolute Gasteiger partial charge is 0.170 e. The number of Topliss-reactive ketones (excluding diaryl/α,β-unsaturated/α-hetero) is 3. The Bertz CT molecular complexity index is 5240. The number of benzene rings is 12. The number of carbonyl (C=O) groups excluding carboxylic acids is 3. The summed E-state index contributed by atoms with van der Waals surface area (Å²) in [6.45, 7) is 0. The predicted molar refractivity (Wildman–Crippen MR) is 437 cm³/mol. The molecule has 6 saturated carbocycles. The molecule has 0 spiro atoms. The van der Waals surface area contributed by atoms with Gasteiger partial charge in [-0.3, -0.25) is 14.4 Å². The molecular weight excluding hydrogens is 1350 g/mol. The molecule has 0 saturated heterocycles. The average molecular weight is 1430 g/mol. The van der Waals surface area contributed by atoms with E-state index in [2.05, 4.69) is 273 Å². The van der Waals surface area contributed by atoms with Gasteiger partial charge in [-0.1, -0.05) is 346 Å². The lowest BCUT2D eigenvalue weighted by atomic mass is 9.68. The first-order valence-corrected chi connectivity index (χ1v) is 38.6. The van der Waals surface area contributed by atoms with E-state index in [-0.39, 0.29) is 88.4 Å². The molecule has 0 N–H and O–H groups in total. The van der Waals surface area contributed by atoms with Crippen molar-refractivity contribution in [1.29, 1.82) is 15.8 Å². The fourth-order valence-electron chi connectivity index (χ4n) is 21.7. The number of hydrogen-bond acceptors (Lipinski definition) is 6. The van der Waals surface area contributed by atoms with Crippen LogP contribution in [-0.4, -0.2) is 17.3 Å². The standard InChI is InChI=1S/3C35H25NO/c3*36-22-23-16-18-26(19-17-23)32-28-20-21-29-33(35(29,32)34(37)27-14-8-3-9-15-27)31(28)30(24-10-4-1-5-11-24)25-12-6-2-7-13-25/h3*1-21,28-29,32-33H/t3*28-,29+,32-,33+,35+/m110/s1. The number of hydrogen-bond donors (Lipinski definition) is 0. The highest BCUT2D eigenvalue weighted by molar-refractivity contribution is 6.09. The first-order chi connectivity index (χ1) is 54.7. The maximum atomic E-state index is 14.4. The first-order valence-electron chi connectivity index (χ1n) is 38.6. The van der Waals surface area contributed by atoms with E-state index in [1.165, 1.54) is 66.8 Å². The van der Waals surface area contributed by atoms with Crippen LogP contribution in [0, 0.1) is 103 Å². The van der Waals surface area contributed by atoms with Crippen molar-refractivity contribution in [3.05, 3.63) is 482 Å². The second-order valence-electron chi connectivity index (χ2n) is 30.9. The molecule has 0 unspecified atom stereocenters. The fourth-order valence-corrected chi connectivity index (χ4v) is 21.7. The van der Waals surface area contributed by atoms with Gasteiger partial charge in [0.25, 0.3) is 0 Å². The normalized spacial score (nSPS) is 26.4. The van der Waals surface area contributed by atoms with Gasteiger partial charge in [-0.05, 0) is 138 Å². The lowest BCUT2D eigenvalue weighted by molar-refractivity contribution is 0.0852. The molecule has 0 radical (unpaired) electrons. The number of nitrogens with zero attached hydrogens (tertiary/aromatic N) is 3. The van der Waals surface area contributed by atoms with Gasteiger partial charge in [-0.2, -0.15) is 15.8 Å². The van der Waals surface area contributed by atoms with Crippen LogP contribution in [0.3, 0.4) is 0 Å². The zero-order valence-electron chi connectivity index (χ0n) is 60.9. The molecular formula is C105H75N3O3. The summed E-state index contributed by atoms with van der Waals surface area (Å²) in [5.41, 5.74) is 21.2. The molecule has 6 nitrogen and oxygen atoms in total. The Kier molecular flexibility index (Phi) is 17.0. The predicted octanol–water partition coefficient (Wildman–Crippen LogP) is 22.4. The highest BCUT2D eigenvalue weighted by Gasteiger charge is 2.83. The molecule has 0 amide bonds. The summed E-state index contributed by atoms with van der Waals surface area (Å²) in [5, 5.41) is 28.2. The lowest BCUT2D eigenvalue weighted by Gasteiger charge is -2.33. The van der Waals surface area contributed by atoms with Crippen LogP contribution >= 0.6 is 0 Å². The van der Waals surface area contributed by atoms with E-state index in [0.29, 0.717) is 16.7 Å². The Morgan fingerprint density at radius 1 is 0.216 bits per heavy atom. The molecule has 12 aromatic carbocycles. The van der Waals surface area contributed by atoms with Gasteiger partial charge in [0.15, 0.2) is 17.3 Å². The topological polar surface area (TPSA) is 123 Å². The summed E-state index contributed by atoms with van der Waals surface area (Å²) in [7, 11) is 0. The zero-order chi connectivity index (χ0) is 75.0. The zero-order valence-corrected chi connectivity index (χ0v) is 60.9. The Balaban J connectivity index is 0.000000112. The van der Waals surface area contributed by atoms with Crippen LogP contribution in [0.1, 0.15) is 116 Å². The maximum Gasteiger partial charge on any atom is 0.170 e. The van der Waals surface area contributed by atoms with Crippen molar-refractivity contribution in [1.82, 2.24) is 0 Å². The number of rotatable bonds is 15. The third-order valence-electron chi connectivity index (χ3n) is 26.0. The van der Waals surface area contributed by atoms with Crippen molar-refractivity contribution in [3.8, 4) is 18.2 Å². The van der Waals surface area contributed by atoms with E-state index < -0.39 is 16.2 Å². The van der Waals surface area contributed by atoms with Gasteiger partial charge in [0, 0.05) is 70.0 Å². The van der Waals surface area contributed by atoms with Crippen molar-refractivity contribution in [2.24, 2.45) is 69.5 Å². The molecule has 12 aromatic rings. The minimum Gasteiger partial charge on any atom is -0.293 e. The van der Waals surface area contributed by atoms with Crippen LogP contribution in [0.4, 0.5) is 0 Å². The highest BCUT2D eigenvalue weighted by Crippen LogP contribution is 2.85. The minimum atomic E-state index is -0.501. The molecule has 12 aliphatic carbocycles. The average Bonchev–Trinajstić information content (AvgIpc) is 1.48. The fraction of sp³-hybridized carbons (Fsp3) is 0.143. The first kappa shape index (κ1) is 68.1. The Hall–Kier alpha value is -13.4. The number of carbonyl (C=O) groups is 3. The van der Waals surface area contributed by atoms with Gasteiger partial charge < -0.3 is 0 Å². The van der Waals surface area contributed by atoms with Crippen LogP contribution in [-0.2, 0) is 0 Å². The summed E-state index contributed by atoms with van der Waals surface area (Å²) < 4.78 is 0. The third-order valence-corrected chi connectivity index (χ3v) is 26.0. The molecule has 24 rings (SSSR count). The largest absolute Gasteiger partial charge is 0.293 e. The summed E-state index contributed by atoms with van der Waals surface area (Å²) >= 11 is 0. The maximum absolute atomic E-state index is 14.4.